The number of amides is 1. The van der Waals surface area contributed by atoms with Crippen LogP contribution in [0.25, 0.3) is 0 Å². The summed E-state index contributed by atoms with van der Waals surface area (Å²) in [5.41, 5.74) is -4.17. The lowest BCUT2D eigenvalue weighted by atomic mass is 10.1. The van der Waals surface area contributed by atoms with E-state index in [1.807, 2.05) is 6.07 Å². The molecular formula is C16H13F3N2O3S. The molecule has 3 rings (SSSR count). The Morgan fingerprint density at radius 3 is 2.40 bits per heavy atom. The minimum Gasteiger partial charge on any atom is -0.326 e. The molecule has 9 heteroatoms. The van der Waals surface area contributed by atoms with Crippen molar-refractivity contribution >= 4 is 21.4 Å². The van der Waals surface area contributed by atoms with Crippen LogP contribution in [0.5, 0.6) is 0 Å². The molecule has 25 heavy (non-hydrogen) atoms. The number of alkyl halides is 3. The SMILES string of the molecule is O=C(Nc1ccc(S(=O)(=O)C(F)(F)F)cc1)C1CC1c1cccnc1. The summed E-state index contributed by atoms with van der Waals surface area (Å²) in [6.07, 6.45) is 3.99. The third kappa shape index (κ3) is 3.51. The van der Waals surface area contributed by atoms with Crippen LogP contribution in [0.2, 0.25) is 0 Å². The Labute approximate surface area is 141 Å². The first-order valence-corrected chi connectivity index (χ1v) is 8.80. The van der Waals surface area contributed by atoms with Gasteiger partial charge in [-0.15, -0.1) is 0 Å². The van der Waals surface area contributed by atoms with Crippen molar-refractivity contribution in [2.45, 2.75) is 22.7 Å². The first-order valence-electron chi connectivity index (χ1n) is 7.32. The van der Waals surface area contributed by atoms with Gasteiger partial charge in [-0.25, -0.2) is 8.42 Å². The molecule has 2 unspecified atom stereocenters. The van der Waals surface area contributed by atoms with Gasteiger partial charge in [-0.3, -0.25) is 9.78 Å². The maximum absolute atomic E-state index is 12.5. The first-order chi connectivity index (χ1) is 11.7. The number of carbonyl (C=O) groups is 1. The van der Waals surface area contributed by atoms with Gasteiger partial charge in [0, 0.05) is 24.0 Å². The molecular weight excluding hydrogens is 357 g/mol. The van der Waals surface area contributed by atoms with Crippen molar-refractivity contribution in [1.82, 2.24) is 4.98 Å². The fourth-order valence-corrected chi connectivity index (χ4v) is 3.30. The molecule has 1 aromatic carbocycles. The number of halogens is 3. The Morgan fingerprint density at radius 1 is 1.16 bits per heavy atom. The zero-order chi connectivity index (χ0) is 18.2. The molecule has 2 atom stereocenters. The van der Waals surface area contributed by atoms with Crippen LogP contribution in [0.1, 0.15) is 17.9 Å². The topological polar surface area (TPSA) is 76.1 Å². The number of carbonyl (C=O) groups excluding carboxylic acids is 1. The molecule has 1 aromatic heterocycles. The number of aromatic nitrogens is 1. The molecule has 132 valence electrons. The minimum absolute atomic E-state index is 0.0681. The van der Waals surface area contributed by atoms with Crippen molar-refractivity contribution < 1.29 is 26.4 Å². The minimum atomic E-state index is -5.39. The zero-order valence-corrected chi connectivity index (χ0v) is 13.5. The highest BCUT2D eigenvalue weighted by molar-refractivity contribution is 7.92. The third-order valence-corrected chi connectivity index (χ3v) is 5.48. The van der Waals surface area contributed by atoms with E-state index in [2.05, 4.69) is 10.3 Å². The molecule has 0 aliphatic heterocycles. The Morgan fingerprint density at radius 2 is 1.84 bits per heavy atom. The lowest BCUT2D eigenvalue weighted by molar-refractivity contribution is -0.117. The van der Waals surface area contributed by atoms with Gasteiger partial charge >= 0.3 is 5.51 Å². The largest absolute Gasteiger partial charge is 0.501 e. The molecule has 0 saturated heterocycles. The summed E-state index contributed by atoms with van der Waals surface area (Å²) in [7, 11) is -5.39. The van der Waals surface area contributed by atoms with Gasteiger partial charge in [0.05, 0.1) is 4.90 Å². The van der Waals surface area contributed by atoms with Crippen LogP contribution in [-0.2, 0) is 14.6 Å². The number of nitrogens with one attached hydrogen (secondary N) is 1. The van der Waals surface area contributed by atoms with E-state index in [0.717, 1.165) is 29.8 Å². The van der Waals surface area contributed by atoms with E-state index in [9.17, 15) is 26.4 Å². The summed E-state index contributed by atoms with van der Waals surface area (Å²) in [5.74, 6) is -0.429. The van der Waals surface area contributed by atoms with Crippen LogP contribution in [0, 0.1) is 5.92 Å². The summed E-state index contributed by atoms with van der Waals surface area (Å²) in [6.45, 7) is 0. The van der Waals surface area contributed by atoms with Crippen LogP contribution < -0.4 is 5.32 Å². The summed E-state index contributed by atoms with van der Waals surface area (Å²) in [4.78, 5) is 15.3. The molecule has 1 saturated carbocycles. The molecule has 1 aliphatic rings. The van der Waals surface area contributed by atoms with Gasteiger partial charge in [-0.2, -0.15) is 13.2 Å². The monoisotopic (exact) mass is 370 g/mol. The second-order valence-electron chi connectivity index (χ2n) is 5.70. The number of hydrogen-bond acceptors (Lipinski definition) is 4. The Bertz CT molecular complexity index is 881. The molecule has 5 nitrogen and oxygen atoms in total. The van der Waals surface area contributed by atoms with E-state index in [-0.39, 0.29) is 23.4 Å². The molecule has 1 fully saturated rings. The predicted molar refractivity (Wildman–Crippen MR) is 83.4 cm³/mol. The van der Waals surface area contributed by atoms with Gasteiger partial charge in [-0.1, -0.05) is 6.07 Å². The third-order valence-electron chi connectivity index (χ3n) is 3.98. The summed E-state index contributed by atoms with van der Waals surface area (Å²) in [5, 5.41) is 2.59. The fourth-order valence-electron chi connectivity index (χ4n) is 2.53. The number of nitrogens with zero attached hydrogens (tertiary/aromatic N) is 1. The number of pyridine rings is 1. The van der Waals surface area contributed by atoms with E-state index in [1.165, 1.54) is 0 Å². The van der Waals surface area contributed by atoms with Crippen molar-refractivity contribution in [1.29, 1.82) is 0 Å². The van der Waals surface area contributed by atoms with Crippen LogP contribution >= 0.6 is 0 Å². The van der Waals surface area contributed by atoms with Crippen molar-refractivity contribution in [3.63, 3.8) is 0 Å². The maximum atomic E-state index is 12.5. The second-order valence-corrected chi connectivity index (χ2v) is 7.64. The molecule has 0 radical (unpaired) electrons. The second kappa shape index (κ2) is 6.14. The standard InChI is InChI=1S/C16H13F3N2O3S/c17-16(18,19)25(23,24)12-5-3-11(4-6-12)21-15(22)14-8-13(14)10-2-1-7-20-9-10/h1-7,9,13-14H,8H2,(H,21,22). The van der Waals surface area contributed by atoms with Crippen LogP contribution in [0.3, 0.4) is 0 Å². The summed E-state index contributed by atoms with van der Waals surface area (Å²) in [6, 6.07) is 7.58. The van der Waals surface area contributed by atoms with E-state index in [1.54, 1.807) is 18.5 Å². The Hall–Kier alpha value is -2.42. The maximum Gasteiger partial charge on any atom is 0.501 e. The lowest BCUT2D eigenvalue weighted by Crippen LogP contribution is -2.23. The first kappa shape index (κ1) is 17.4. The number of sulfone groups is 1. The fraction of sp³-hybridized carbons (Fsp3) is 0.250. The number of benzene rings is 1. The van der Waals surface area contributed by atoms with E-state index < -0.39 is 20.2 Å². The number of hydrogen-bond donors (Lipinski definition) is 1. The molecule has 1 N–H and O–H groups in total. The average molecular weight is 370 g/mol. The van der Waals surface area contributed by atoms with E-state index >= 15 is 0 Å². The van der Waals surface area contributed by atoms with E-state index in [0.29, 0.717) is 6.42 Å². The highest BCUT2D eigenvalue weighted by Gasteiger charge is 2.47. The number of rotatable bonds is 4. The van der Waals surface area contributed by atoms with Crippen LogP contribution in [-0.4, -0.2) is 24.8 Å². The van der Waals surface area contributed by atoms with Gasteiger partial charge in [-0.05, 0) is 48.2 Å². The highest BCUT2D eigenvalue weighted by atomic mass is 32.2. The van der Waals surface area contributed by atoms with Gasteiger partial charge in [0.1, 0.15) is 0 Å². The predicted octanol–water partition coefficient (Wildman–Crippen LogP) is 3.12. The zero-order valence-electron chi connectivity index (χ0n) is 12.7. The molecule has 1 heterocycles. The molecule has 0 spiro atoms. The smallest absolute Gasteiger partial charge is 0.326 e. The van der Waals surface area contributed by atoms with Gasteiger partial charge < -0.3 is 5.32 Å². The normalized spacial score (nSPS) is 20.1. The Kier molecular flexibility index (Phi) is 4.28. The van der Waals surface area contributed by atoms with Crippen LogP contribution in [0.15, 0.2) is 53.7 Å². The van der Waals surface area contributed by atoms with Gasteiger partial charge in [0.15, 0.2) is 0 Å². The van der Waals surface area contributed by atoms with Crippen molar-refractivity contribution in [3.8, 4) is 0 Å². The van der Waals surface area contributed by atoms with Gasteiger partial charge in [0.2, 0.25) is 5.91 Å². The highest BCUT2D eigenvalue weighted by Crippen LogP contribution is 2.47. The molecule has 1 aliphatic carbocycles. The van der Waals surface area contributed by atoms with Crippen molar-refractivity contribution in [2.75, 3.05) is 5.32 Å². The quantitative estimate of drug-likeness (QED) is 0.897. The lowest BCUT2D eigenvalue weighted by Gasteiger charge is -2.09. The molecule has 1 amide bonds. The van der Waals surface area contributed by atoms with Crippen LogP contribution in [0.4, 0.5) is 18.9 Å². The van der Waals surface area contributed by atoms with Crippen molar-refractivity contribution in [3.05, 3.63) is 54.4 Å². The van der Waals surface area contributed by atoms with Gasteiger partial charge in [0.25, 0.3) is 9.84 Å². The Balaban J connectivity index is 1.66. The van der Waals surface area contributed by atoms with E-state index in [4.69, 9.17) is 0 Å². The molecule has 0 bridgehead atoms. The summed E-state index contributed by atoms with van der Waals surface area (Å²) < 4.78 is 60.0. The van der Waals surface area contributed by atoms with Crippen molar-refractivity contribution in [2.24, 2.45) is 5.92 Å². The summed E-state index contributed by atoms with van der Waals surface area (Å²) >= 11 is 0. The average Bonchev–Trinajstić information content (AvgIpc) is 3.36. The number of anilines is 1. The molecule has 2 aromatic rings.